The van der Waals surface area contributed by atoms with Crippen molar-refractivity contribution in [2.24, 2.45) is 0 Å². The van der Waals surface area contributed by atoms with Crippen LogP contribution in [0.15, 0.2) is 12.4 Å². The summed E-state index contributed by atoms with van der Waals surface area (Å²) in [5.74, 6) is 1.61. The Balaban J connectivity index is 2.15. The quantitative estimate of drug-likeness (QED) is 0.0648. The average molecular weight is 546 g/mol. The van der Waals surface area contributed by atoms with E-state index in [0.29, 0.717) is 0 Å². The Bertz CT molecular complexity index is 605. The lowest BCUT2D eigenvalue weighted by atomic mass is 10.0. The van der Waals surface area contributed by atoms with Crippen molar-refractivity contribution >= 4 is 0 Å². The molecule has 1 heterocycles. The first-order valence-corrected chi connectivity index (χ1v) is 18.4. The van der Waals surface area contributed by atoms with Crippen LogP contribution >= 0.6 is 0 Å². The molecule has 0 radical (unpaired) electrons. The van der Waals surface area contributed by atoms with E-state index in [-0.39, 0.29) is 0 Å². The summed E-state index contributed by atoms with van der Waals surface area (Å²) in [6.45, 7) is 9.38. The van der Waals surface area contributed by atoms with Crippen molar-refractivity contribution in [1.29, 1.82) is 0 Å². The molecule has 0 spiro atoms. The van der Waals surface area contributed by atoms with E-state index < -0.39 is 0 Å². The van der Waals surface area contributed by atoms with Crippen molar-refractivity contribution in [3.05, 3.63) is 18.2 Å². The normalized spacial score (nSPS) is 11.6. The Morgan fingerprint density at radius 2 is 0.795 bits per heavy atom. The molecule has 0 aliphatic carbocycles. The number of unbranched alkanes of at least 4 members (excludes halogenated alkanes) is 25. The van der Waals surface area contributed by atoms with Crippen molar-refractivity contribution in [1.82, 2.24) is 4.57 Å². The lowest BCUT2D eigenvalue weighted by Crippen LogP contribution is -2.37. The maximum Gasteiger partial charge on any atom is 0.256 e. The molecule has 0 atom stereocenters. The van der Waals surface area contributed by atoms with E-state index in [9.17, 15) is 0 Å². The van der Waals surface area contributed by atoms with Gasteiger partial charge in [-0.3, -0.25) is 0 Å². The second kappa shape index (κ2) is 28.7. The molecule has 2 heteroatoms. The molecule has 0 amide bonds. The Morgan fingerprint density at radius 3 is 1.23 bits per heavy atom. The maximum absolute atomic E-state index is 2.61. The first-order chi connectivity index (χ1) is 19.3. The van der Waals surface area contributed by atoms with Gasteiger partial charge in [-0.15, -0.1) is 0 Å². The number of nitrogens with zero attached hydrogens (tertiary/aromatic N) is 2. The van der Waals surface area contributed by atoms with Crippen LogP contribution in [0.1, 0.15) is 206 Å². The van der Waals surface area contributed by atoms with E-state index in [1.807, 2.05) is 0 Å². The van der Waals surface area contributed by atoms with Crippen LogP contribution < -0.4 is 4.57 Å². The molecule has 2 nitrogen and oxygen atoms in total. The molecular weight excluding hydrogens is 472 g/mol. The second-order valence-corrected chi connectivity index (χ2v) is 12.7. The Morgan fingerprint density at radius 1 is 0.436 bits per heavy atom. The van der Waals surface area contributed by atoms with E-state index in [1.54, 1.807) is 5.82 Å². The van der Waals surface area contributed by atoms with Crippen LogP contribution in [0.2, 0.25) is 0 Å². The molecule has 0 aliphatic rings. The predicted molar refractivity (Wildman–Crippen MR) is 175 cm³/mol. The van der Waals surface area contributed by atoms with E-state index >= 15 is 0 Å². The van der Waals surface area contributed by atoms with Crippen molar-refractivity contribution in [3.8, 4) is 0 Å². The second-order valence-electron chi connectivity index (χ2n) is 12.7. The van der Waals surface area contributed by atoms with Crippen LogP contribution in [-0.2, 0) is 19.5 Å². The summed E-state index contributed by atoms with van der Waals surface area (Å²) in [7, 11) is 0. The molecule has 39 heavy (non-hydrogen) atoms. The molecule has 0 N–H and O–H groups in total. The first kappa shape index (κ1) is 36.2. The van der Waals surface area contributed by atoms with E-state index in [1.165, 1.54) is 199 Å². The van der Waals surface area contributed by atoms with Gasteiger partial charge in [0.1, 0.15) is 12.4 Å². The number of imidazole rings is 1. The number of hydrogen-bond donors (Lipinski definition) is 0. The average Bonchev–Trinajstić information content (AvgIpc) is 3.33. The van der Waals surface area contributed by atoms with Gasteiger partial charge >= 0.3 is 0 Å². The largest absolute Gasteiger partial charge is 0.256 e. The molecule has 230 valence electrons. The molecular formula is C37H73N2+. The summed E-state index contributed by atoms with van der Waals surface area (Å²) < 4.78 is 5.20. The molecule has 0 fully saturated rings. The smallest absolute Gasteiger partial charge is 0.234 e. The first-order valence-electron chi connectivity index (χ1n) is 18.4. The number of rotatable bonds is 31. The maximum atomic E-state index is 2.61. The van der Waals surface area contributed by atoms with Crippen molar-refractivity contribution in [2.75, 3.05) is 0 Å². The van der Waals surface area contributed by atoms with Gasteiger partial charge in [-0.2, -0.15) is 0 Å². The van der Waals surface area contributed by atoms with Crippen molar-refractivity contribution in [3.63, 3.8) is 0 Å². The third kappa shape index (κ3) is 21.6. The Labute approximate surface area is 247 Å². The summed E-state index contributed by atoms with van der Waals surface area (Å²) in [6, 6.07) is 0. The van der Waals surface area contributed by atoms with E-state index in [0.717, 1.165) is 0 Å². The topological polar surface area (TPSA) is 8.81 Å². The fraction of sp³-hybridized carbons (Fsp3) is 0.919. The molecule has 0 saturated heterocycles. The van der Waals surface area contributed by atoms with Gasteiger partial charge in [-0.25, -0.2) is 9.13 Å². The van der Waals surface area contributed by atoms with Gasteiger partial charge in [0.2, 0.25) is 0 Å². The lowest BCUT2D eigenvalue weighted by molar-refractivity contribution is -0.704. The van der Waals surface area contributed by atoms with Crippen LogP contribution in [0.4, 0.5) is 0 Å². The highest BCUT2D eigenvalue weighted by molar-refractivity contribution is 4.84. The van der Waals surface area contributed by atoms with Crippen LogP contribution in [0.5, 0.6) is 0 Å². The third-order valence-corrected chi connectivity index (χ3v) is 8.85. The van der Waals surface area contributed by atoms with Gasteiger partial charge < -0.3 is 0 Å². The zero-order chi connectivity index (χ0) is 28.1. The van der Waals surface area contributed by atoms with Gasteiger partial charge in [0, 0.05) is 6.42 Å². The minimum absolute atomic E-state index is 1.22. The number of aromatic nitrogens is 2. The highest BCUT2D eigenvalue weighted by atomic mass is 15.1. The fourth-order valence-electron chi connectivity index (χ4n) is 6.15. The number of hydrogen-bond acceptors (Lipinski definition) is 0. The molecule has 0 saturated carbocycles. The minimum atomic E-state index is 1.22. The highest BCUT2D eigenvalue weighted by Crippen LogP contribution is 2.15. The fourth-order valence-corrected chi connectivity index (χ4v) is 6.15. The zero-order valence-electron chi connectivity index (χ0n) is 27.5. The molecule has 0 bridgehead atoms. The van der Waals surface area contributed by atoms with E-state index in [4.69, 9.17) is 0 Å². The van der Waals surface area contributed by atoms with Crippen LogP contribution in [-0.4, -0.2) is 4.57 Å². The van der Waals surface area contributed by atoms with Crippen LogP contribution in [0, 0.1) is 0 Å². The van der Waals surface area contributed by atoms with Crippen LogP contribution in [0.25, 0.3) is 0 Å². The van der Waals surface area contributed by atoms with Crippen LogP contribution in [0.3, 0.4) is 0 Å². The van der Waals surface area contributed by atoms with E-state index in [2.05, 4.69) is 42.3 Å². The molecule has 1 aromatic rings. The van der Waals surface area contributed by atoms with Gasteiger partial charge in [-0.05, 0) is 32.1 Å². The highest BCUT2D eigenvalue weighted by Gasteiger charge is 2.16. The zero-order valence-corrected chi connectivity index (χ0v) is 27.5. The monoisotopic (exact) mass is 546 g/mol. The van der Waals surface area contributed by atoms with Crippen molar-refractivity contribution in [2.45, 2.75) is 220 Å². The standard InChI is InChI=1S/C37H73N2/c1-4-7-10-12-14-16-18-19-20-21-22-24-26-28-31-34-39-36-35-38(33-30-9-6-3)37(39)32-29-27-25-23-17-15-13-11-8-5-2/h35-36H,4-34H2,1-3H3/q+1. The SMILES string of the molecule is CCCCCCCCCCCCCCCCCn1cc[n+](CCCCC)c1CCCCCCCCCCCC. The van der Waals surface area contributed by atoms with Crippen molar-refractivity contribution < 1.29 is 4.57 Å². The van der Waals surface area contributed by atoms with Gasteiger partial charge in [0.05, 0.1) is 13.1 Å². The molecule has 0 unspecified atom stereocenters. The predicted octanol–water partition coefficient (Wildman–Crippen LogP) is 12.3. The van der Waals surface area contributed by atoms with Gasteiger partial charge in [0.15, 0.2) is 0 Å². The summed E-state index contributed by atoms with van der Waals surface area (Å²) in [5, 5.41) is 0. The Hall–Kier alpha value is -0.790. The lowest BCUT2D eigenvalue weighted by Gasteiger charge is -2.07. The van der Waals surface area contributed by atoms with Gasteiger partial charge in [0.25, 0.3) is 5.82 Å². The molecule has 1 rings (SSSR count). The molecule has 0 aliphatic heterocycles. The van der Waals surface area contributed by atoms with Gasteiger partial charge in [-0.1, -0.05) is 168 Å². The summed E-state index contributed by atoms with van der Waals surface area (Å²) in [5.41, 5.74) is 0. The third-order valence-electron chi connectivity index (χ3n) is 8.85. The minimum Gasteiger partial charge on any atom is -0.234 e. The molecule has 1 aromatic heterocycles. The Kier molecular flexibility index (Phi) is 26.7. The molecule has 0 aromatic carbocycles. The number of aryl methyl sites for hydroxylation is 2. The summed E-state index contributed by atoms with van der Waals surface area (Å²) >= 11 is 0. The summed E-state index contributed by atoms with van der Waals surface area (Å²) in [6.07, 6.45) is 46.0. The summed E-state index contributed by atoms with van der Waals surface area (Å²) in [4.78, 5) is 0.